The first-order valence-corrected chi connectivity index (χ1v) is 9.28. The molecular weight excluding hydrogens is 317 g/mol. The topological polar surface area (TPSA) is 42.9 Å². The van der Waals surface area contributed by atoms with E-state index in [4.69, 9.17) is 0 Å². The van der Waals surface area contributed by atoms with Gasteiger partial charge in [0, 0.05) is 33.2 Å². The van der Waals surface area contributed by atoms with E-state index in [1.165, 1.54) is 25.6 Å². The van der Waals surface area contributed by atoms with Gasteiger partial charge in [-0.25, -0.2) is 4.39 Å². The second-order valence-corrected chi connectivity index (χ2v) is 6.62. The fraction of sp³-hybridized carbons (Fsp3) is 0.632. The number of likely N-dealkylation sites (N-methyl/N-ethyl adjacent to an activating group) is 1. The Kier molecular flexibility index (Phi) is 8.69. The third-order valence-electron chi connectivity index (χ3n) is 4.62. The van der Waals surface area contributed by atoms with Crippen LogP contribution in [-0.4, -0.2) is 75.7 Å². The molecule has 2 rings (SSSR count). The number of nitrogens with zero attached hydrogens (tertiary/aromatic N) is 3. The van der Waals surface area contributed by atoms with Crippen LogP contribution >= 0.6 is 0 Å². The summed E-state index contributed by atoms with van der Waals surface area (Å²) in [7, 11) is 3.96. The maximum atomic E-state index is 13.6. The first-order valence-electron chi connectivity index (χ1n) is 9.28. The molecule has 0 atom stereocenters. The first kappa shape index (κ1) is 19.7. The Morgan fingerprint density at radius 2 is 1.92 bits per heavy atom. The highest BCUT2D eigenvalue weighted by Gasteiger charge is 2.11. The van der Waals surface area contributed by atoms with Gasteiger partial charge < -0.3 is 20.4 Å². The molecule has 1 aromatic carbocycles. The van der Waals surface area contributed by atoms with Gasteiger partial charge in [0.2, 0.25) is 0 Å². The van der Waals surface area contributed by atoms with E-state index in [9.17, 15) is 4.39 Å². The maximum Gasteiger partial charge on any atom is 0.190 e. The summed E-state index contributed by atoms with van der Waals surface area (Å²) in [6, 6.07) is 6.91. The molecule has 1 aromatic rings. The lowest BCUT2D eigenvalue weighted by Crippen LogP contribution is -2.40. The lowest BCUT2D eigenvalue weighted by Gasteiger charge is -2.20. The Balaban J connectivity index is 1.59. The summed E-state index contributed by atoms with van der Waals surface area (Å²) in [6.07, 6.45) is 3.00. The second kappa shape index (κ2) is 11.1. The minimum Gasteiger partial charge on any atom is -0.356 e. The smallest absolute Gasteiger partial charge is 0.190 e. The molecule has 0 saturated carbocycles. The molecule has 1 aliphatic rings. The number of hydrogen-bond acceptors (Lipinski definition) is 3. The summed E-state index contributed by atoms with van der Waals surface area (Å²) >= 11 is 0. The van der Waals surface area contributed by atoms with Crippen molar-refractivity contribution >= 4 is 5.96 Å². The zero-order valence-corrected chi connectivity index (χ0v) is 15.6. The quantitative estimate of drug-likeness (QED) is 0.445. The van der Waals surface area contributed by atoms with E-state index in [0.29, 0.717) is 13.0 Å². The molecule has 0 aromatic heterocycles. The van der Waals surface area contributed by atoms with E-state index in [0.717, 1.165) is 44.1 Å². The third kappa shape index (κ3) is 7.40. The number of nitrogens with one attached hydrogen (secondary N) is 2. The molecule has 0 spiro atoms. The molecule has 6 heteroatoms. The highest BCUT2D eigenvalue weighted by Crippen LogP contribution is 2.06. The number of aliphatic imine (C=N–C) groups is 1. The Morgan fingerprint density at radius 1 is 1.12 bits per heavy atom. The molecule has 0 amide bonds. The maximum absolute atomic E-state index is 13.6. The number of benzene rings is 1. The van der Waals surface area contributed by atoms with Gasteiger partial charge in [-0.2, -0.15) is 0 Å². The highest BCUT2D eigenvalue weighted by atomic mass is 19.1. The van der Waals surface area contributed by atoms with Gasteiger partial charge in [-0.05, 0) is 57.6 Å². The Bertz CT molecular complexity index is 534. The van der Waals surface area contributed by atoms with Crippen LogP contribution in [0.15, 0.2) is 29.3 Å². The van der Waals surface area contributed by atoms with Crippen molar-refractivity contribution in [1.82, 2.24) is 20.4 Å². The molecule has 2 N–H and O–H groups in total. The van der Waals surface area contributed by atoms with E-state index in [2.05, 4.69) is 32.5 Å². The van der Waals surface area contributed by atoms with E-state index >= 15 is 0 Å². The molecule has 25 heavy (non-hydrogen) atoms. The molecule has 0 radical (unpaired) electrons. The predicted octanol–water partition coefficient (Wildman–Crippen LogP) is 1.56. The molecule has 0 aliphatic carbocycles. The van der Waals surface area contributed by atoms with Gasteiger partial charge in [0.05, 0.1) is 0 Å². The Hall–Kier alpha value is -1.66. The average molecular weight is 349 g/mol. The van der Waals surface area contributed by atoms with Crippen LogP contribution in [-0.2, 0) is 6.42 Å². The van der Waals surface area contributed by atoms with Gasteiger partial charge in [-0.3, -0.25) is 4.99 Å². The van der Waals surface area contributed by atoms with Gasteiger partial charge in [-0.15, -0.1) is 0 Å². The molecular formula is C19H32FN5. The van der Waals surface area contributed by atoms with Crippen LogP contribution in [0.5, 0.6) is 0 Å². The molecule has 1 fully saturated rings. The molecule has 1 aliphatic heterocycles. The van der Waals surface area contributed by atoms with Crippen molar-refractivity contribution in [3.8, 4) is 0 Å². The largest absolute Gasteiger partial charge is 0.356 e. The fourth-order valence-corrected chi connectivity index (χ4v) is 3.07. The highest BCUT2D eigenvalue weighted by molar-refractivity contribution is 5.79. The fourth-order valence-electron chi connectivity index (χ4n) is 3.07. The van der Waals surface area contributed by atoms with E-state index in [1.807, 2.05) is 12.1 Å². The Morgan fingerprint density at radius 3 is 2.72 bits per heavy atom. The normalized spacial score (nSPS) is 17.3. The van der Waals surface area contributed by atoms with Crippen molar-refractivity contribution in [2.75, 3.05) is 59.9 Å². The lowest BCUT2D eigenvalue weighted by molar-refractivity contribution is 0.274. The number of halogens is 1. The van der Waals surface area contributed by atoms with Crippen molar-refractivity contribution in [3.05, 3.63) is 35.6 Å². The third-order valence-corrected chi connectivity index (χ3v) is 4.62. The second-order valence-electron chi connectivity index (χ2n) is 6.62. The SMILES string of the molecule is CN=C(NCCCN1CCCN(C)CC1)NCCc1ccccc1F. The molecule has 0 unspecified atom stereocenters. The number of hydrogen-bond donors (Lipinski definition) is 2. The lowest BCUT2D eigenvalue weighted by atomic mass is 10.1. The predicted molar refractivity (Wildman–Crippen MR) is 103 cm³/mol. The monoisotopic (exact) mass is 349 g/mol. The summed E-state index contributed by atoms with van der Waals surface area (Å²) in [6.45, 7) is 7.39. The van der Waals surface area contributed by atoms with Gasteiger partial charge in [0.25, 0.3) is 0 Å². The van der Waals surface area contributed by atoms with E-state index in [1.54, 1.807) is 13.1 Å². The van der Waals surface area contributed by atoms with Crippen molar-refractivity contribution in [2.45, 2.75) is 19.3 Å². The summed E-state index contributed by atoms with van der Waals surface area (Å²) in [4.78, 5) is 9.17. The standard InChI is InChI=1S/C19H32FN5/c1-21-19(23-11-9-17-7-3-4-8-18(17)20)22-10-5-13-25-14-6-12-24(2)15-16-25/h3-4,7-8H,5-6,9-16H2,1-2H3,(H2,21,22,23). The Labute approximate surface area is 151 Å². The first-order chi connectivity index (χ1) is 12.2. The van der Waals surface area contributed by atoms with Gasteiger partial charge >= 0.3 is 0 Å². The molecule has 1 heterocycles. The van der Waals surface area contributed by atoms with Crippen molar-refractivity contribution in [3.63, 3.8) is 0 Å². The number of rotatable bonds is 7. The molecule has 140 valence electrons. The van der Waals surface area contributed by atoms with Crippen molar-refractivity contribution in [2.24, 2.45) is 4.99 Å². The van der Waals surface area contributed by atoms with Crippen LogP contribution < -0.4 is 10.6 Å². The summed E-state index contributed by atoms with van der Waals surface area (Å²) < 4.78 is 13.6. The summed E-state index contributed by atoms with van der Waals surface area (Å²) in [5.74, 6) is 0.641. The minimum atomic E-state index is -0.143. The summed E-state index contributed by atoms with van der Waals surface area (Å²) in [5.41, 5.74) is 0.733. The molecule has 1 saturated heterocycles. The zero-order valence-electron chi connectivity index (χ0n) is 15.6. The summed E-state index contributed by atoms with van der Waals surface area (Å²) in [5, 5.41) is 6.59. The van der Waals surface area contributed by atoms with Crippen LogP contribution in [0.2, 0.25) is 0 Å². The zero-order chi connectivity index (χ0) is 17.9. The van der Waals surface area contributed by atoms with E-state index in [-0.39, 0.29) is 5.82 Å². The van der Waals surface area contributed by atoms with Gasteiger partial charge in [0.1, 0.15) is 5.82 Å². The van der Waals surface area contributed by atoms with Crippen LogP contribution in [0.1, 0.15) is 18.4 Å². The molecule has 5 nitrogen and oxygen atoms in total. The van der Waals surface area contributed by atoms with Crippen LogP contribution in [0.4, 0.5) is 4.39 Å². The van der Waals surface area contributed by atoms with Gasteiger partial charge in [-0.1, -0.05) is 18.2 Å². The van der Waals surface area contributed by atoms with Crippen molar-refractivity contribution in [1.29, 1.82) is 0 Å². The minimum absolute atomic E-state index is 0.143. The van der Waals surface area contributed by atoms with Crippen LogP contribution in [0.25, 0.3) is 0 Å². The van der Waals surface area contributed by atoms with E-state index < -0.39 is 0 Å². The van der Waals surface area contributed by atoms with Crippen molar-refractivity contribution < 1.29 is 4.39 Å². The number of guanidine groups is 1. The van der Waals surface area contributed by atoms with Gasteiger partial charge in [0.15, 0.2) is 5.96 Å². The average Bonchev–Trinajstić information content (AvgIpc) is 2.83. The van der Waals surface area contributed by atoms with Crippen LogP contribution in [0, 0.1) is 5.82 Å². The van der Waals surface area contributed by atoms with Crippen LogP contribution in [0.3, 0.4) is 0 Å². The molecule has 0 bridgehead atoms.